The normalized spacial score (nSPS) is 38.9. The predicted molar refractivity (Wildman–Crippen MR) is 155 cm³/mol. The zero-order valence-corrected chi connectivity index (χ0v) is 24.5. The average Bonchev–Trinajstić information content (AvgIpc) is 3.28. The number of hydrogen-bond acceptors (Lipinski definition) is 7. The maximum atomic E-state index is 13.5. The zero-order chi connectivity index (χ0) is 29.7. The number of Topliss-reactive ketones (excluding diaryl/α,β-unsaturated/α-hetero) is 1. The molecule has 9 atom stereocenters. The summed E-state index contributed by atoms with van der Waals surface area (Å²) in [5.74, 6) is -0.627. The molecule has 4 fully saturated rings. The minimum absolute atomic E-state index is 0.0549. The molecule has 4 saturated carbocycles. The molecule has 0 radical (unpaired) electrons. The molecule has 2 N–H and O–H groups in total. The van der Waals surface area contributed by atoms with Crippen molar-refractivity contribution in [1.82, 2.24) is 0 Å². The lowest BCUT2D eigenvalue weighted by atomic mass is 9.43. The monoisotopic (exact) mass is 574 g/mol. The van der Waals surface area contributed by atoms with E-state index >= 15 is 0 Å². The van der Waals surface area contributed by atoms with Crippen LogP contribution in [0.5, 0.6) is 0 Å². The van der Waals surface area contributed by atoms with Gasteiger partial charge in [0, 0.05) is 11.3 Å². The molecule has 0 heterocycles. The summed E-state index contributed by atoms with van der Waals surface area (Å²) in [6, 6.07) is 18.1. The topological polar surface area (TPSA) is 110 Å². The number of aliphatic hydroxyl groups excluding tert-OH is 1. The second-order valence-corrected chi connectivity index (χ2v) is 13.7. The lowest BCUT2D eigenvalue weighted by molar-refractivity contribution is -0.203. The molecule has 0 unspecified atom stereocenters. The summed E-state index contributed by atoms with van der Waals surface area (Å²) in [5.41, 5.74) is -1.57. The van der Waals surface area contributed by atoms with Gasteiger partial charge in [-0.2, -0.15) is 0 Å². The van der Waals surface area contributed by atoms with Crippen LogP contribution in [-0.2, 0) is 14.3 Å². The lowest BCUT2D eigenvalue weighted by Gasteiger charge is -2.63. The minimum atomic E-state index is -1.64. The number of carbonyl (C=O) groups is 3. The van der Waals surface area contributed by atoms with Crippen LogP contribution >= 0.6 is 0 Å². The largest absolute Gasteiger partial charge is 0.459 e. The fourth-order valence-electron chi connectivity index (χ4n) is 9.69. The van der Waals surface area contributed by atoms with Gasteiger partial charge in [-0.05, 0) is 98.8 Å². The van der Waals surface area contributed by atoms with Gasteiger partial charge >= 0.3 is 11.9 Å². The van der Waals surface area contributed by atoms with Gasteiger partial charge in [-0.3, -0.25) is 4.79 Å². The van der Waals surface area contributed by atoms with Crippen LogP contribution in [0.4, 0.5) is 0 Å². The summed E-state index contributed by atoms with van der Waals surface area (Å²) in [5, 5.41) is 21.6. The van der Waals surface area contributed by atoms with E-state index in [-0.39, 0.29) is 35.2 Å². The molecule has 42 heavy (non-hydrogen) atoms. The van der Waals surface area contributed by atoms with Gasteiger partial charge in [-0.1, -0.05) is 50.2 Å². The Balaban J connectivity index is 1.29. The number of hydrogen-bond donors (Lipinski definition) is 2. The van der Waals surface area contributed by atoms with Crippen molar-refractivity contribution in [2.24, 2.45) is 34.5 Å². The Hall–Kier alpha value is -3.03. The number of carbonyl (C=O) groups excluding carboxylic acids is 3. The van der Waals surface area contributed by atoms with E-state index in [9.17, 15) is 24.6 Å². The minimum Gasteiger partial charge on any atom is -0.459 e. The molecule has 2 aromatic rings. The standard InChI is InChI=1S/C35H42O7/c1-33-17-15-25(41-31(38)22-9-5-3-6-10-22)19-24(33)13-14-26-27-16-18-35(40,29(37)21-36)34(27,2)20-28(30(26)33)42-32(39)23-11-7-4-8-12-23/h3-12,24-28,30,36,40H,13-21H2,1-2H3/t24-,25+,26-,27-,28-,30+,33-,34-,35-/m0/s1. The summed E-state index contributed by atoms with van der Waals surface area (Å²) in [4.78, 5) is 39.3. The summed E-state index contributed by atoms with van der Waals surface area (Å²) in [6.45, 7) is 3.58. The van der Waals surface area contributed by atoms with Crippen LogP contribution in [0.3, 0.4) is 0 Å². The first-order valence-electron chi connectivity index (χ1n) is 15.5. The molecule has 0 saturated heterocycles. The van der Waals surface area contributed by atoms with Crippen molar-refractivity contribution in [2.75, 3.05) is 6.61 Å². The van der Waals surface area contributed by atoms with Crippen LogP contribution in [0.1, 0.15) is 85.9 Å². The van der Waals surface area contributed by atoms with Gasteiger partial charge < -0.3 is 19.7 Å². The summed E-state index contributed by atoms with van der Waals surface area (Å²) in [7, 11) is 0. The molecule has 0 aromatic heterocycles. The van der Waals surface area contributed by atoms with E-state index in [1.807, 2.05) is 43.3 Å². The molecule has 7 nitrogen and oxygen atoms in total. The molecule has 2 aromatic carbocycles. The average molecular weight is 575 g/mol. The number of benzene rings is 2. The van der Waals surface area contributed by atoms with Gasteiger partial charge in [0.05, 0.1) is 11.1 Å². The molecule has 0 amide bonds. The first kappa shape index (κ1) is 29.1. The Bertz CT molecular complexity index is 1330. The maximum Gasteiger partial charge on any atom is 0.338 e. The highest BCUT2D eigenvalue weighted by Gasteiger charge is 2.69. The summed E-state index contributed by atoms with van der Waals surface area (Å²) in [6.07, 6.45) is 4.94. The second-order valence-electron chi connectivity index (χ2n) is 13.7. The lowest BCUT2D eigenvalue weighted by Crippen LogP contribution is -2.64. The first-order valence-corrected chi connectivity index (χ1v) is 15.5. The quantitative estimate of drug-likeness (QED) is 0.446. The molecule has 7 heteroatoms. The van der Waals surface area contributed by atoms with Gasteiger partial charge in [0.15, 0.2) is 5.78 Å². The SMILES string of the molecule is C[C@]12CC[C@@H](OC(=O)c3ccccc3)C[C@@H]1CC[C@@H]1[C@@H]2[C@@H](OC(=O)c2ccccc2)C[C@@]2(C)[C@H]1CC[C@]2(O)C(=O)CO. The van der Waals surface area contributed by atoms with E-state index in [1.54, 1.807) is 24.3 Å². The second kappa shape index (κ2) is 10.9. The van der Waals surface area contributed by atoms with E-state index in [0.29, 0.717) is 36.3 Å². The summed E-state index contributed by atoms with van der Waals surface area (Å²) >= 11 is 0. The Morgan fingerprint density at radius 1 is 0.833 bits per heavy atom. The van der Waals surface area contributed by atoms with Crippen molar-refractivity contribution in [3.63, 3.8) is 0 Å². The van der Waals surface area contributed by atoms with Crippen molar-refractivity contribution >= 4 is 17.7 Å². The predicted octanol–water partition coefficient (Wildman–Crippen LogP) is 5.38. The highest BCUT2D eigenvalue weighted by molar-refractivity contribution is 5.90. The van der Waals surface area contributed by atoms with Crippen molar-refractivity contribution in [1.29, 1.82) is 0 Å². The molecule has 0 bridgehead atoms. The number of fused-ring (bicyclic) bond motifs is 5. The third-order valence-electron chi connectivity index (χ3n) is 11.8. The van der Waals surface area contributed by atoms with Crippen LogP contribution < -0.4 is 0 Å². The van der Waals surface area contributed by atoms with Crippen LogP contribution in [0, 0.1) is 34.5 Å². The van der Waals surface area contributed by atoms with E-state index in [4.69, 9.17) is 9.47 Å². The highest BCUT2D eigenvalue weighted by atomic mass is 16.5. The molecule has 224 valence electrons. The Labute approximate surface area is 247 Å². The fraction of sp³-hybridized carbons (Fsp3) is 0.571. The van der Waals surface area contributed by atoms with Gasteiger partial charge in [0.2, 0.25) is 0 Å². The third-order valence-corrected chi connectivity index (χ3v) is 11.8. The van der Waals surface area contributed by atoms with Crippen molar-refractivity contribution in [3.05, 3.63) is 71.8 Å². The Kier molecular flexibility index (Phi) is 7.55. The molecule has 4 aliphatic rings. The molecule has 0 spiro atoms. The van der Waals surface area contributed by atoms with Crippen LogP contribution in [0.2, 0.25) is 0 Å². The third kappa shape index (κ3) is 4.60. The summed E-state index contributed by atoms with van der Waals surface area (Å²) < 4.78 is 12.4. The molecule has 6 rings (SSSR count). The molecular weight excluding hydrogens is 532 g/mol. The molecule has 0 aliphatic heterocycles. The number of ether oxygens (including phenoxy) is 2. The van der Waals surface area contributed by atoms with Crippen molar-refractivity contribution in [3.8, 4) is 0 Å². The smallest absolute Gasteiger partial charge is 0.338 e. The zero-order valence-electron chi connectivity index (χ0n) is 24.5. The van der Waals surface area contributed by atoms with Crippen LogP contribution in [-0.4, -0.2) is 52.4 Å². The van der Waals surface area contributed by atoms with E-state index in [2.05, 4.69) is 6.92 Å². The van der Waals surface area contributed by atoms with Crippen molar-refractivity contribution < 1.29 is 34.1 Å². The van der Waals surface area contributed by atoms with E-state index in [0.717, 1.165) is 32.1 Å². The van der Waals surface area contributed by atoms with Gasteiger partial charge in [-0.15, -0.1) is 0 Å². The van der Waals surface area contributed by atoms with Gasteiger partial charge in [-0.25, -0.2) is 9.59 Å². The van der Waals surface area contributed by atoms with Crippen molar-refractivity contribution in [2.45, 2.75) is 83.0 Å². The van der Waals surface area contributed by atoms with Gasteiger partial charge in [0.1, 0.15) is 24.4 Å². The van der Waals surface area contributed by atoms with Crippen LogP contribution in [0.25, 0.3) is 0 Å². The first-order chi connectivity index (χ1) is 20.1. The maximum absolute atomic E-state index is 13.5. The van der Waals surface area contributed by atoms with Gasteiger partial charge in [0.25, 0.3) is 0 Å². The number of ketones is 1. The van der Waals surface area contributed by atoms with E-state index < -0.39 is 35.5 Å². The molecule has 4 aliphatic carbocycles. The highest BCUT2D eigenvalue weighted by Crippen LogP contribution is 2.69. The molecular formula is C35H42O7. The van der Waals surface area contributed by atoms with E-state index in [1.165, 1.54) is 0 Å². The number of rotatable bonds is 6. The number of esters is 2. The fourth-order valence-corrected chi connectivity index (χ4v) is 9.69. The number of aliphatic hydroxyl groups is 2. The van der Waals surface area contributed by atoms with Crippen LogP contribution in [0.15, 0.2) is 60.7 Å². The Morgan fingerprint density at radius 2 is 1.45 bits per heavy atom. The Morgan fingerprint density at radius 3 is 2.07 bits per heavy atom.